The highest BCUT2D eigenvalue weighted by molar-refractivity contribution is 5.41. The van der Waals surface area contributed by atoms with Gasteiger partial charge in [0.05, 0.1) is 6.61 Å². The van der Waals surface area contributed by atoms with Crippen LogP contribution in [0.1, 0.15) is 30.5 Å². The number of nitrogens with two attached hydrogens (primary N) is 1. The van der Waals surface area contributed by atoms with E-state index >= 15 is 0 Å². The zero-order valence-corrected chi connectivity index (χ0v) is 7.70. The van der Waals surface area contributed by atoms with E-state index in [0.29, 0.717) is 11.1 Å². The van der Waals surface area contributed by atoms with Crippen LogP contribution < -0.4 is 5.73 Å². The molecule has 0 bridgehead atoms. The minimum Gasteiger partial charge on any atom is -0.507 e. The molecule has 1 atom stereocenters. The predicted octanol–water partition coefficient (Wildman–Crippen LogP) is 1.29. The van der Waals surface area contributed by atoms with Crippen molar-refractivity contribution in [2.45, 2.75) is 26.0 Å². The van der Waals surface area contributed by atoms with Gasteiger partial charge in [-0.2, -0.15) is 0 Å². The first-order chi connectivity index (χ1) is 6.20. The van der Waals surface area contributed by atoms with Crippen molar-refractivity contribution in [3.8, 4) is 5.75 Å². The Hall–Kier alpha value is -1.06. The molecule has 1 rings (SSSR count). The molecular weight excluding hydrogens is 166 g/mol. The smallest absolute Gasteiger partial charge is 0.125 e. The molecule has 0 saturated heterocycles. The van der Waals surface area contributed by atoms with Gasteiger partial charge in [-0.3, -0.25) is 0 Å². The molecule has 4 N–H and O–H groups in total. The number of benzene rings is 1. The van der Waals surface area contributed by atoms with E-state index < -0.39 is 0 Å². The Morgan fingerprint density at radius 2 is 2.15 bits per heavy atom. The summed E-state index contributed by atoms with van der Waals surface area (Å²) in [7, 11) is 0. The number of hydrogen-bond donors (Lipinski definition) is 3. The highest BCUT2D eigenvalue weighted by atomic mass is 16.3. The number of hydrogen-bond acceptors (Lipinski definition) is 3. The molecule has 3 nitrogen and oxygen atoms in total. The van der Waals surface area contributed by atoms with Gasteiger partial charge in [0.2, 0.25) is 0 Å². The van der Waals surface area contributed by atoms with Gasteiger partial charge in [-0.15, -0.1) is 0 Å². The van der Waals surface area contributed by atoms with Crippen LogP contribution in [0.15, 0.2) is 18.2 Å². The summed E-state index contributed by atoms with van der Waals surface area (Å²) in [4.78, 5) is 0. The second kappa shape index (κ2) is 4.25. The van der Waals surface area contributed by atoms with Crippen molar-refractivity contribution in [3.63, 3.8) is 0 Å². The van der Waals surface area contributed by atoms with Crippen molar-refractivity contribution >= 4 is 0 Å². The largest absolute Gasteiger partial charge is 0.507 e. The van der Waals surface area contributed by atoms with Crippen LogP contribution in [0, 0.1) is 0 Å². The molecular formula is C10H15NO2. The molecule has 0 fully saturated rings. The van der Waals surface area contributed by atoms with Gasteiger partial charge < -0.3 is 15.9 Å². The average molecular weight is 181 g/mol. The topological polar surface area (TPSA) is 66.5 Å². The molecule has 0 radical (unpaired) electrons. The lowest BCUT2D eigenvalue weighted by atomic mass is 10.0. The third kappa shape index (κ3) is 1.99. The van der Waals surface area contributed by atoms with Crippen molar-refractivity contribution in [3.05, 3.63) is 29.3 Å². The highest BCUT2D eigenvalue weighted by Gasteiger charge is 2.11. The fourth-order valence-electron chi connectivity index (χ4n) is 1.26. The van der Waals surface area contributed by atoms with E-state index in [0.717, 1.165) is 6.42 Å². The van der Waals surface area contributed by atoms with Gasteiger partial charge in [-0.05, 0) is 6.42 Å². The molecule has 0 aliphatic carbocycles. The number of rotatable bonds is 3. The quantitative estimate of drug-likeness (QED) is 0.658. The minimum atomic E-state index is -0.161. The number of phenols is 1. The zero-order valence-electron chi connectivity index (χ0n) is 7.70. The maximum absolute atomic E-state index is 9.65. The molecule has 0 heterocycles. The lowest BCUT2D eigenvalue weighted by Crippen LogP contribution is -2.09. The van der Waals surface area contributed by atoms with Crippen molar-refractivity contribution < 1.29 is 10.2 Å². The standard InChI is InChI=1S/C10H15NO2/c1-2-9(11)8-5-3-4-7(6-12)10(8)13/h3-5,9,12-13H,2,6,11H2,1H3. The number of aliphatic hydroxyl groups excluding tert-OH is 1. The Kier molecular flexibility index (Phi) is 3.28. The van der Waals surface area contributed by atoms with Crippen LogP contribution in [-0.4, -0.2) is 10.2 Å². The van der Waals surface area contributed by atoms with Crippen LogP contribution in [0.25, 0.3) is 0 Å². The summed E-state index contributed by atoms with van der Waals surface area (Å²) in [5.74, 6) is 0.124. The second-order valence-corrected chi connectivity index (χ2v) is 3.03. The van der Waals surface area contributed by atoms with E-state index in [1.165, 1.54) is 0 Å². The molecule has 72 valence electrons. The van der Waals surface area contributed by atoms with Crippen molar-refractivity contribution in [1.82, 2.24) is 0 Å². The summed E-state index contributed by atoms with van der Waals surface area (Å²) in [6.07, 6.45) is 0.766. The van der Waals surface area contributed by atoms with Crippen LogP contribution in [0.4, 0.5) is 0 Å². The Bertz CT molecular complexity index is 286. The maximum atomic E-state index is 9.65. The van der Waals surface area contributed by atoms with Crippen LogP contribution in [0.3, 0.4) is 0 Å². The second-order valence-electron chi connectivity index (χ2n) is 3.03. The Labute approximate surface area is 77.8 Å². The molecule has 1 unspecified atom stereocenters. The third-order valence-electron chi connectivity index (χ3n) is 2.16. The summed E-state index contributed by atoms with van der Waals surface area (Å²) >= 11 is 0. The van der Waals surface area contributed by atoms with Crippen molar-refractivity contribution in [1.29, 1.82) is 0 Å². The van der Waals surface area contributed by atoms with Gasteiger partial charge >= 0.3 is 0 Å². The van der Waals surface area contributed by atoms with Crippen LogP contribution in [0.5, 0.6) is 5.75 Å². The Morgan fingerprint density at radius 3 is 2.69 bits per heavy atom. The monoisotopic (exact) mass is 181 g/mol. The van der Waals surface area contributed by atoms with Crippen molar-refractivity contribution in [2.24, 2.45) is 5.73 Å². The van der Waals surface area contributed by atoms with Crippen molar-refractivity contribution in [2.75, 3.05) is 0 Å². The molecule has 0 aromatic heterocycles. The molecule has 3 heteroatoms. The van der Waals surface area contributed by atoms with Gasteiger partial charge in [0.25, 0.3) is 0 Å². The van der Waals surface area contributed by atoms with Gasteiger partial charge in [0.1, 0.15) is 5.75 Å². The minimum absolute atomic E-state index is 0.124. The summed E-state index contributed by atoms with van der Waals surface area (Å²) in [6.45, 7) is 1.80. The summed E-state index contributed by atoms with van der Waals surface area (Å²) in [5, 5.41) is 18.5. The predicted molar refractivity (Wildman–Crippen MR) is 51.2 cm³/mol. The Balaban J connectivity index is 3.08. The summed E-state index contributed by atoms with van der Waals surface area (Å²) in [6, 6.07) is 5.09. The van der Waals surface area contributed by atoms with E-state index in [1.54, 1.807) is 18.2 Å². The first-order valence-electron chi connectivity index (χ1n) is 4.37. The van der Waals surface area contributed by atoms with Gasteiger partial charge in [-0.1, -0.05) is 25.1 Å². The molecule has 0 amide bonds. The fourth-order valence-corrected chi connectivity index (χ4v) is 1.26. The zero-order chi connectivity index (χ0) is 9.84. The third-order valence-corrected chi connectivity index (χ3v) is 2.16. The fraction of sp³-hybridized carbons (Fsp3) is 0.400. The molecule has 1 aromatic rings. The number of aromatic hydroxyl groups is 1. The van der Waals surface area contributed by atoms with Crippen LogP contribution >= 0.6 is 0 Å². The van der Waals surface area contributed by atoms with E-state index in [2.05, 4.69) is 0 Å². The summed E-state index contributed by atoms with van der Waals surface area (Å²) in [5.41, 5.74) is 7.01. The Morgan fingerprint density at radius 1 is 1.46 bits per heavy atom. The van der Waals surface area contributed by atoms with E-state index in [-0.39, 0.29) is 18.4 Å². The van der Waals surface area contributed by atoms with E-state index in [1.807, 2.05) is 6.92 Å². The van der Waals surface area contributed by atoms with Gasteiger partial charge in [-0.25, -0.2) is 0 Å². The van der Waals surface area contributed by atoms with Crippen LogP contribution in [-0.2, 0) is 6.61 Å². The van der Waals surface area contributed by atoms with E-state index in [4.69, 9.17) is 10.8 Å². The lowest BCUT2D eigenvalue weighted by molar-refractivity contribution is 0.275. The molecule has 0 saturated carbocycles. The molecule has 13 heavy (non-hydrogen) atoms. The van der Waals surface area contributed by atoms with Gasteiger partial charge in [0.15, 0.2) is 0 Å². The molecule has 1 aromatic carbocycles. The number of para-hydroxylation sites is 1. The normalized spacial score (nSPS) is 12.8. The highest BCUT2D eigenvalue weighted by Crippen LogP contribution is 2.27. The van der Waals surface area contributed by atoms with E-state index in [9.17, 15) is 5.11 Å². The van der Waals surface area contributed by atoms with Crippen LogP contribution in [0.2, 0.25) is 0 Å². The molecule has 0 spiro atoms. The van der Waals surface area contributed by atoms with Gasteiger partial charge in [0, 0.05) is 17.2 Å². The SMILES string of the molecule is CCC(N)c1cccc(CO)c1O. The lowest BCUT2D eigenvalue weighted by Gasteiger charge is -2.13. The first kappa shape index (κ1) is 10.0. The number of aliphatic hydroxyl groups is 1. The first-order valence-corrected chi connectivity index (χ1v) is 4.37. The molecule has 0 aliphatic rings. The average Bonchev–Trinajstić information content (AvgIpc) is 2.17. The maximum Gasteiger partial charge on any atom is 0.125 e. The summed E-state index contributed by atoms with van der Waals surface area (Å²) < 4.78 is 0. The molecule has 0 aliphatic heterocycles.